The Bertz CT molecular complexity index is 759. The van der Waals surface area contributed by atoms with Crippen LogP contribution in [0.2, 0.25) is 0 Å². The van der Waals surface area contributed by atoms with Gasteiger partial charge in [0, 0.05) is 6.42 Å². The summed E-state index contributed by atoms with van der Waals surface area (Å²) in [5, 5.41) is 5.94. The minimum absolute atomic E-state index is 0.0624. The third-order valence-electron chi connectivity index (χ3n) is 4.01. The fourth-order valence-corrected chi connectivity index (χ4v) is 2.73. The maximum atomic E-state index is 11.6. The van der Waals surface area contributed by atoms with Crippen LogP contribution in [-0.4, -0.2) is 33.5 Å². The molecule has 0 bridgehead atoms. The predicted molar refractivity (Wildman–Crippen MR) is 107 cm³/mol. The van der Waals surface area contributed by atoms with Gasteiger partial charge in [0.05, 0.1) is 19.3 Å². The maximum Gasteiger partial charge on any atom is 0.234 e. The zero-order chi connectivity index (χ0) is 19.8. The molecule has 0 saturated heterocycles. The topological polar surface area (TPSA) is 89.0 Å². The molecule has 27 heavy (non-hydrogen) atoms. The molecule has 146 valence electrons. The predicted octanol–water partition coefficient (Wildman–Crippen LogP) is 3.55. The molecule has 1 atom stereocenters. The molecule has 1 heterocycles. The fourth-order valence-electron chi connectivity index (χ4n) is 2.73. The second-order valence-electron chi connectivity index (χ2n) is 6.69. The van der Waals surface area contributed by atoms with E-state index < -0.39 is 0 Å². The Morgan fingerprint density at radius 2 is 1.70 bits per heavy atom. The van der Waals surface area contributed by atoms with Crippen molar-refractivity contribution in [1.29, 1.82) is 0 Å². The lowest BCUT2D eigenvalue weighted by molar-refractivity contribution is -0.115. The molecular weight excluding hydrogens is 342 g/mol. The molecule has 2 rings (SSSR count). The van der Waals surface area contributed by atoms with Crippen LogP contribution in [0.4, 0.5) is 11.9 Å². The van der Waals surface area contributed by atoms with Gasteiger partial charge in [0.15, 0.2) is 0 Å². The van der Waals surface area contributed by atoms with Crippen molar-refractivity contribution in [3.63, 3.8) is 0 Å². The van der Waals surface area contributed by atoms with E-state index in [4.69, 9.17) is 4.74 Å². The van der Waals surface area contributed by atoms with Gasteiger partial charge in [-0.05, 0) is 32.8 Å². The molecule has 0 saturated carbocycles. The van der Waals surface area contributed by atoms with Gasteiger partial charge in [0.25, 0.3) is 0 Å². The summed E-state index contributed by atoms with van der Waals surface area (Å²) in [6, 6.07) is 6.49. The van der Waals surface area contributed by atoms with Crippen molar-refractivity contribution in [1.82, 2.24) is 15.0 Å². The van der Waals surface area contributed by atoms with Crippen molar-refractivity contribution in [2.45, 2.75) is 60.1 Å². The number of hydrogen-bond acceptors (Lipinski definition) is 6. The lowest BCUT2D eigenvalue weighted by Gasteiger charge is -2.18. The van der Waals surface area contributed by atoms with Crippen LogP contribution in [0.1, 0.15) is 49.2 Å². The normalized spacial score (nSPS) is 11.9. The summed E-state index contributed by atoms with van der Waals surface area (Å²) in [5.74, 6) is 1.12. The van der Waals surface area contributed by atoms with Crippen molar-refractivity contribution >= 4 is 17.8 Å². The van der Waals surface area contributed by atoms with E-state index >= 15 is 0 Å². The highest BCUT2D eigenvalue weighted by Gasteiger charge is 2.12. The van der Waals surface area contributed by atoms with E-state index in [2.05, 4.69) is 64.6 Å². The highest BCUT2D eigenvalue weighted by Crippen LogP contribution is 2.12. The van der Waals surface area contributed by atoms with Crippen LogP contribution in [0, 0.1) is 20.8 Å². The molecular formula is C20H29N5O2. The van der Waals surface area contributed by atoms with E-state index in [1.165, 1.54) is 16.7 Å². The number of rotatable bonds is 9. The van der Waals surface area contributed by atoms with Gasteiger partial charge >= 0.3 is 0 Å². The van der Waals surface area contributed by atoms with Gasteiger partial charge in [-0.1, -0.05) is 43.2 Å². The summed E-state index contributed by atoms with van der Waals surface area (Å²) in [6.07, 6.45) is 1.23. The van der Waals surface area contributed by atoms with Crippen molar-refractivity contribution in [2.75, 3.05) is 17.2 Å². The molecule has 0 radical (unpaired) electrons. The van der Waals surface area contributed by atoms with Crippen LogP contribution in [0.15, 0.2) is 18.2 Å². The van der Waals surface area contributed by atoms with Gasteiger partial charge in [0.2, 0.25) is 17.8 Å². The number of aryl methyl sites for hydroxylation is 3. The molecule has 7 heteroatoms. The third kappa shape index (κ3) is 6.94. The molecule has 0 spiro atoms. The van der Waals surface area contributed by atoms with Crippen LogP contribution < -0.4 is 10.6 Å². The van der Waals surface area contributed by atoms with Crippen LogP contribution in [0.25, 0.3) is 0 Å². The third-order valence-corrected chi connectivity index (χ3v) is 4.01. The highest BCUT2D eigenvalue weighted by molar-refractivity contribution is 5.88. The van der Waals surface area contributed by atoms with Gasteiger partial charge in [-0.2, -0.15) is 15.0 Å². The first-order valence-corrected chi connectivity index (χ1v) is 9.33. The Hall–Kier alpha value is -2.54. The first-order valence-electron chi connectivity index (χ1n) is 9.33. The highest BCUT2D eigenvalue weighted by atomic mass is 16.5. The van der Waals surface area contributed by atoms with Crippen LogP contribution in [-0.2, 0) is 16.1 Å². The van der Waals surface area contributed by atoms with Gasteiger partial charge in [-0.25, -0.2) is 0 Å². The van der Waals surface area contributed by atoms with E-state index in [0.29, 0.717) is 31.4 Å². The van der Waals surface area contributed by atoms with E-state index in [1.54, 1.807) is 13.8 Å². The number of carbonyl (C=O) groups is 1. The summed E-state index contributed by atoms with van der Waals surface area (Å²) >= 11 is 0. The lowest BCUT2D eigenvalue weighted by atomic mass is 10.1. The molecule has 0 aliphatic carbocycles. The molecule has 2 N–H and O–H groups in total. The molecule has 1 aromatic heterocycles. The second-order valence-corrected chi connectivity index (χ2v) is 6.69. The number of nitrogens with zero attached hydrogens (tertiary/aromatic N) is 3. The van der Waals surface area contributed by atoms with E-state index in [1.807, 2.05) is 0 Å². The number of hydrogen-bond donors (Lipinski definition) is 2. The summed E-state index contributed by atoms with van der Waals surface area (Å²) in [5.41, 5.74) is 3.64. The Labute approximate surface area is 161 Å². The van der Waals surface area contributed by atoms with E-state index in [9.17, 15) is 4.79 Å². The number of benzene rings is 1. The monoisotopic (exact) mass is 371 g/mol. The van der Waals surface area contributed by atoms with Crippen LogP contribution >= 0.6 is 0 Å². The van der Waals surface area contributed by atoms with Gasteiger partial charge in [-0.15, -0.1) is 0 Å². The molecule has 1 amide bonds. The number of nitrogens with one attached hydrogen (secondary N) is 2. The molecule has 2 aromatic rings. The minimum Gasteiger partial charge on any atom is -0.375 e. The Kier molecular flexibility index (Phi) is 7.67. The first-order chi connectivity index (χ1) is 12.9. The van der Waals surface area contributed by atoms with Gasteiger partial charge in [0.1, 0.15) is 5.82 Å². The van der Waals surface area contributed by atoms with E-state index in [-0.39, 0.29) is 17.9 Å². The van der Waals surface area contributed by atoms with Gasteiger partial charge in [-0.3, -0.25) is 10.1 Å². The quantitative estimate of drug-likeness (QED) is 0.701. The second kappa shape index (κ2) is 9.97. The Morgan fingerprint density at radius 1 is 1.04 bits per heavy atom. The van der Waals surface area contributed by atoms with Crippen molar-refractivity contribution < 1.29 is 9.53 Å². The molecule has 1 aromatic carbocycles. The molecule has 7 nitrogen and oxygen atoms in total. The Balaban J connectivity index is 1.94. The van der Waals surface area contributed by atoms with Gasteiger partial charge < -0.3 is 10.1 Å². The number of amides is 1. The minimum atomic E-state index is -0.129. The summed E-state index contributed by atoms with van der Waals surface area (Å²) in [6.45, 7) is 10.9. The van der Waals surface area contributed by atoms with Crippen molar-refractivity contribution in [3.05, 3.63) is 40.7 Å². The average Bonchev–Trinajstić information content (AvgIpc) is 2.59. The van der Waals surface area contributed by atoms with Crippen molar-refractivity contribution in [2.24, 2.45) is 0 Å². The zero-order valence-corrected chi connectivity index (χ0v) is 16.8. The fraction of sp³-hybridized carbons (Fsp3) is 0.500. The summed E-state index contributed by atoms with van der Waals surface area (Å²) in [7, 11) is 0. The largest absolute Gasteiger partial charge is 0.375 e. The summed E-state index contributed by atoms with van der Waals surface area (Å²) in [4.78, 5) is 24.3. The number of carbonyl (C=O) groups excluding carboxylic acids is 1. The van der Waals surface area contributed by atoms with E-state index in [0.717, 1.165) is 6.42 Å². The van der Waals surface area contributed by atoms with Crippen LogP contribution in [0.3, 0.4) is 0 Å². The molecule has 0 aliphatic heterocycles. The van der Waals surface area contributed by atoms with Crippen molar-refractivity contribution in [3.8, 4) is 0 Å². The number of ether oxygens (including phenoxy) is 1. The Morgan fingerprint density at radius 3 is 2.33 bits per heavy atom. The SMILES string of the molecule is CCC(=O)Nc1nc(C)nc(NC(CC)COCc2cc(C)cc(C)c2)n1. The number of anilines is 2. The lowest BCUT2D eigenvalue weighted by Crippen LogP contribution is -2.26. The first kappa shape index (κ1) is 20.8. The molecule has 0 aliphatic rings. The molecule has 1 unspecified atom stereocenters. The van der Waals surface area contributed by atoms with Crippen LogP contribution in [0.5, 0.6) is 0 Å². The zero-order valence-electron chi connectivity index (χ0n) is 16.8. The number of aromatic nitrogens is 3. The average molecular weight is 371 g/mol. The summed E-state index contributed by atoms with van der Waals surface area (Å²) < 4.78 is 5.89. The molecule has 0 fully saturated rings. The standard InChI is InChI=1S/C20H29N5O2/c1-6-17(12-27-11-16-9-13(3)8-14(4)10-16)23-19-21-15(5)22-20(25-19)24-18(26)7-2/h8-10,17H,6-7,11-12H2,1-5H3,(H2,21,22,23,24,25,26). The smallest absolute Gasteiger partial charge is 0.234 e. The maximum absolute atomic E-state index is 11.6.